The molecule has 0 saturated heterocycles. The number of hydrogen-bond acceptors (Lipinski definition) is 2. The predicted octanol–water partition coefficient (Wildman–Crippen LogP) is 1.61. The molecular weight excluding hydrogens is 296 g/mol. The van der Waals surface area contributed by atoms with E-state index in [1.165, 1.54) is 0 Å². The monoisotopic (exact) mass is 307 g/mol. The second kappa shape index (κ2) is 8.77. The van der Waals surface area contributed by atoms with Crippen LogP contribution in [0.25, 0.3) is 0 Å². The molecule has 56 valence electrons. The van der Waals surface area contributed by atoms with Crippen LogP contribution in [-0.2, 0) is 21.1 Å². The molecule has 0 aromatic carbocycles. The van der Waals surface area contributed by atoms with Crippen LogP contribution >= 0.6 is 0 Å². The SMILES string of the molecule is CC.Cc1cn[c-]nc1.[W]. The molecule has 3 heteroatoms. The van der Waals surface area contributed by atoms with Gasteiger partial charge in [0.2, 0.25) is 0 Å². The van der Waals surface area contributed by atoms with Crippen molar-refractivity contribution < 1.29 is 21.1 Å². The molecule has 1 heterocycles. The molecule has 0 aliphatic rings. The quantitative estimate of drug-likeness (QED) is 0.681. The van der Waals surface area contributed by atoms with Crippen molar-refractivity contribution in [3.63, 3.8) is 0 Å². The Morgan fingerprint density at radius 3 is 1.80 bits per heavy atom. The number of aryl methyl sites for hydroxylation is 1. The molecule has 1 aromatic heterocycles. The van der Waals surface area contributed by atoms with Crippen LogP contribution < -0.4 is 0 Å². The van der Waals surface area contributed by atoms with Crippen molar-refractivity contribution in [3.8, 4) is 0 Å². The van der Waals surface area contributed by atoms with E-state index in [1.807, 2.05) is 20.8 Å². The zero-order valence-corrected chi connectivity index (χ0v) is 9.39. The van der Waals surface area contributed by atoms with Crippen molar-refractivity contribution in [2.24, 2.45) is 0 Å². The first kappa shape index (κ1) is 12.4. The van der Waals surface area contributed by atoms with Gasteiger partial charge in [-0.05, 0) is 0 Å². The van der Waals surface area contributed by atoms with Crippen molar-refractivity contribution in [1.29, 1.82) is 0 Å². The Morgan fingerprint density at radius 2 is 1.60 bits per heavy atom. The van der Waals surface area contributed by atoms with Gasteiger partial charge in [0.15, 0.2) is 0 Å². The predicted molar refractivity (Wildman–Crippen MR) is 37.0 cm³/mol. The average Bonchev–Trinajstić information content (AvgIpc) is 1.94. The van der Waals surface area contributed by atoms with Crippen molar-refractivity contribution in [2.45, 2.75) is 20.8 Å². The second-order valence-electron chi connectivity index (χ2n) is 1.36. The maximum atomic E-state index is 3.65. The van der Waals surface area contributed by atoms with Gasteiger partial charge < -0.3 is 9.97 Å². The molecule has 0 aliphatic carbocycles. The van der Waals surface area contributed by atoms with E-state index in [9.17, 15) is 0 Å². The summed E-state index contributed by atoms with van der Waals surface area (Å²) in [5.74, 6) is 0. The van der Waals surface area contributed by atoms with Crippen LogP contribution in [-0.4, -0.2) is 9.97 Å². The van der Waals surface area contributed by atoms with E-state index in [4.69, 9.17) is 0 Å². The van der Waals surface area contributed by atoms with Gasteiger partial charge in [-0.2, -0.15) is 0 Å². The molecule has 0 unspecified atom stereocenters. The molecule has 0 N–H and O–H groups in total. The third kappa shape index (κ3) is 5.90. The third-order valence-electron chi connectivity index (χ3n) is 0.652. The van der Waals surface area contributed by atoms with Crippen molar-refractivity contribution in [1.82, 2.24) is 9.97 Å². The molecule has 0 fully saturated rings. The van der Waals surface area contributed by atoms with Crippen LogP contribution in [0.2, 0.25) is 0 Å². The summed E-state index contributed by atoms with van der Waals surface area (Å²) in [6, 6.07) is 0. The van der Waals surface area contributed by atoms with Crippen molar-refractivity contribution >= 4 is 0 Å². The fourth-order valence-corrected chi connectivity index (χ4v) is 0.328. The molecule has 1 aromatic rings. The summed E-state index contributed by atoms with van der Waals surface area (Å²) < 4.78 is 0. The maximum absolute atomic E-state index is 3.65. The minimum atomic E-state index is 0. The normalized spacial score (nSPS) is 6.70. The first-order valence-corrected chi connectivity index (χ1v) is 3.04. The number of rotatable bonds is 0. The Hall–Kier alpha value is -0.232. The Balaban J connectivity index is 0. The van der Waals surface area contributed by atoms with E-state index in [1.54, 1.807) is 12.4 Å². The van der Waals surface area contributed by atoms with E-state index in [2.05, 4.69) is 16.3 Å². The fourth-order valence-electron chi connectivity index (χ4n) is 0.328. The number of aromatic nitrogens is 2. The van der Waals surface area contributed by atoms with E-state index in [0.29, 0.717) is 0 Å². The third-order valence-corrected chi connectivity index (χ3v) is 0.652. The molecular formula is C7H11N2W-. The van der Waals surface area contributed by atoms with Gasteiger partial charge in [-0.1, -0.05) is 33.2 Å². The van der Waals surface area contributed by atoms with E-state index < -0.39 is 0 Å². The van der Waals surface area contributed by atoms with Crippen LogP contribution in [0, 0.1) is 13.3 Å². The minimum Gasteiger partial charge on any atom is -0.374 e. The summed E-state index contributed by atoms with van der Waals surface area (Å²) in [5.41, 5.74) is 1.07. The van der Waals surface area contributed by atoms with Gasteiger partial charge in [0.25, 0.3) is 0 Å². The Bertz CT molecular complexity index is 142. The van der Waals surface area contributed by atoms with Gasteiger partial charge in [0, 0.05) is 27.4 Å². The van der Waals surface area contributed by atoms with Gasteiger partial charge in [-0.15, -0.1) is 5.56 Å². The summed E-state index contributed by atoms with van der Waals surface area (Å²) in [7, 11) is 0. The summed E-state index contributed by atoms with van der Waals surface area (Å²) in [5, 5.41) is 0. The van der Waals surface area contributed by atoms with E-state index in [0.717, 1.165) is 5.56 Å². The number of nitrogens with zero attached hydrogens (tertiary/aromatic N) is 2. The molecule has 0 bridgehead atoms. The van der Waals surface area contributed by atoms with Gasteiger partial charge >= 0.3 is 0 Å². The zero-order chi connectivity index (χ0) is 7.11. The standard InChI is InChI=1S/C5H5N2.C2H6.W/c1-5-2-6-4-7-3-5;1-2;/h2-3H,1H3;1-2H3;/q-1;;. The summed E-state index contributed by atoms with van der Waals surface area (Å²) >= 11 is 0. The average molecular weight is 307 g/mol. The second-order valence-corrected chi connectivity index (χ2v) is 1.36. The topological polar surface area (TPSA) is 25.8 Å². The van der Waals surface area contributed by atoms with Gasteiger partial charge in [-0.25, -0.2) is 0 Å². The molecule has 2 nitrogen and oxygen atoms in total. The van der Waals surface area contributed by atoms with Crippen LogP contribution in [0.4, 0.5) is 0 Å². The molecule has 10 heavy (non-hydrogen) atoms. The largest absolute Gasteiger partial charge is 0.374 e. The van der Waals surface area contributed by atoms with Crippen LogP contribution in [0.3, 0.4) is 0 Å². The van der Waals surface area contributed by atoms with Gasteiger partial charge in [-0.3, -0.25) is 0 Å². The van der Waals surface area contributed by atoms with Gasteiger partial charge in [0.05, 0.1) is 0 Å². The Kier molecular flexibility index (Phi) is 10.9. The number of hydrogen-bond donors (Lipinski definition) is 0. The Morgan fingerprint density at radius 1 is 1.20 bits per heavy atom. The molecule has 0 radical (unpaired) electrons. The summed E-state index contributed by atoms with van der Waals surface area (Å²) in [6.45, 7) is 5.94. The first-order chi connectivity index (χ1) is 4.39. The maximum Gasteiger partial charge on any atom is 0.0213 e. The zero-order valence-electron chi connectivity index (χ0n) is 6.46. The Labute approximate surface area is 76.4 Å². The van der Waals surface area contributed by atoms with E-state index in [-0.39, 0.29) is 21.1 Å². The van der Waals surface area contributed by atoms with E-state index >= 15 is 0 Å². The minimum absolute atomic E-state index is 0. The van der Waals surface area contributed by atoms with Crippen LogP contribution in [0.15, 0.2) is 12.4 Å². The molecule has 0 saturated carbocycles. The smallest absolute Gasteiger partial charge is 0.0213 e. The molecule has 0 amide bonds. The summed E-state index contributed by atoms with van der Waals surface area (Å²) in [6.07, 6.45) is 5.86. The molecule has 0 atom stereocenters. The molecule has 1 rings (SSSR count). The molecule has 0 spiro atoms. The first-order valence-electron chi connectivity index (χ1n) is 3.04. The molecule has 0 aliphatic heterocycles. The van der Waals surface area contributed by atoms with Crippen molar-refractivity contribution in [2.75, 3.05) is 0 Å². The summed E-state index contributed by atoms with van der Waals surface area (Å²) in [4.78, 5) is 7.30. The van der Waals surface area contributed by atoms with Crippen LogP contribution in [0.5, 0.6) is 0 Å². The van der Waals surface area contributed by atoms with Crippen molar-refractivity contribution in [3.05, 3.63) is 24.3 Å². The fraction of sp³-hybridized carbons (Fsp3) is 0.429. The van der Waals surface area contributed by atoms with Gasteiger partial charge in [0.1, 0.15) is 0 Å². The van der Waals surface area contributed by atoms with Crippen LogP contribution in [0.1, 0.15) is 19.4 Å².